The summed E-state index contributed by atoms with van der Waals surface area (Å²) in [4.78, 5) is 11.3. The summed E-state index contributed by atoms with van der Waals surface area (Å²) in [5.74, 6) is -0.421. The summed E-state index contributed by atoms with van der Waals surface area (Å²) in [5.41, 5.74) is 0.369. The van der Waals surface area contributed by atoms with Gasteiger partial charge in [-0.15, -0.1) is 0 Å². The van der Waals surface area contributed by atoms with E-state index < -0.39 is 11.4 Å². The quantitative estimate of drug-likeness (QED) is 0.585. The number of nitrogens with one attached hydrogen (secondary N) is 1. The molecule has 1 heterocycles. The van der Waals surface area contributed by atoms with Gasteiger partial charge in [-0.05, 0) is 27.1 Å². The van der Waals surface area contributed by atoms with Crippen LogP contribution in [0.3, 0.4) is 0 Å². The molecule has 0 aromatic rings. The van der Waals surface area contributed by atoms with Crippen LogP contribution in [0, 0.1) is 5.21 Å². The highest BCUT2D eigenvalue weighted by atomic mass is 16.5. The molecule has 1 unspecified atom stereocenters. The fraction of sp³-hybridized carbons (Fsp3) is 0.625. The number of nitrogens with zero attached hydrogens (tertiary/aromatic N) is 1. The van der Waals surface area contributed by atoms with Crippen LogP contribution in [0.15, 0.2) is 11.8 Å². The van der Waals surface area contributed by atoms with Gasteiger partial charge in [-0.2, -0.15) is 0 Å². The van der Waals surface area contributed by atoms with Crippen LogP contribution in [0.1, 0.15) is 20.3 Å². The van der Waals surface area contributed by atoms with Crippen LogP contribution in [-0.2, 0) is 4.79 Å². The highest BCUT2D eigenvalue weighted by Crippen LogP contribution is 2.23. The van der Waals surface area contributed by atoms with E-state index in [1.807, 2.05) is 6.92 Å². The minimum atomic E-state index is -0.722. The van der Waals surface area contributed by atoms with Gasteiger partial charge in [0.25, 0.3) is 0 Å². The van der Waals surface area contributed by atoms with E-state index in [0.717, 1.165) is 5.57 Å². The fourth-order valence-electron chi connectivity index (χ4n) is 1.43. The molecule has 0 spiro atoms. The Balaban J connectivity index is 2.70. The zero-order valence-electron chi connectivity index (χ0n) is 7.55. The number of likely N-dealkylation sites (N-methyl/N-ethyl adjacent to an activating group) is 1. The van der Waals surface area contributed by atoms with Crippen molar-refractivity contribution in [1.82, 2.24) is 10.4 Å². The molecule has 0 radical (unpaired) electrons. The zero-order chi connectivity index (χ0) is 9.35. The molecule has 0 aromatic carbocycles. The molecule has 1 aliphatic rings. The van der Waals surface area contributed by atoms with E-state index in [0.29, 0.717) is 11.5 Å². The Labute approximate surface area is 71.8 Å². The van der Waals surface area contributed by atoms with Crippen molar-refractivity contribution >= 4 is 5.91 Å². The number of carbonyl (C=O) groups is 1. The molecule has 0 aliphatic carbocycles. The second-order valence-corrected chi connectivity index (χ2v) is 3.45. The lowest BCUT2D eigenvalue weighted by Crippen LogP contribution is -2.49. The summed E-state index contributed by atoms with van der Waals surface area (Å²) in [6.45, 7) is 3.66. The monoisotopic (exact) mass is 169 g/mol. The molecule has 1 aliphatic heterocycles. The first-order valence-corrected chi connectivity index (χ1v) is 3.84. The van der Waals surface area contributed by atoms with Crippen LogP contribution in [0.5, 0.6) is 0 Å². The number of rotatable bonds is 1. The van der Waals surface area contributed by atoms with Crippen LogP contribution in [0.4, 0.5) is 0 Å². The summed E-state index contributed by atoms with van der Waals surface area (Å²) in [7, 11) is 1.23. The molecule has 1 rings (SSSR count). The van der Waals surface area contributed by atoms with Gasteiger partial charge in [-0.3, -0.25) is 4.79 Å². The van der Waals surface area contributed by atoms with Gasteiger partial charge < -0.3 is 15.6 Å². The molecule has 0 saturated carbocycles. The van der Waals surface area contributed by atoms with Crippen molar-refractivity contribution in [3.63, 3.8) is 0 Å². The standard InChI is InChI=1S/C8H13N2O2/c1-6-4-8(2,9-5-6)7(11)10(3)12/h5,9H,4H2,1-3H3/q-1. The van der Waals surface area contributed by atoms with E-state index in [1.54, 1.807) is 13.1 Å². The lowest BCUT2D eigenvalue weighted by molar-refractivity contribution is -0.133. The Morgan fingerprint density at radius 2 is 2.42 bits per heavy atom. The second kappa shape index (κ2) is 2.79. The maximum atomic E-state index is 11.3. The van der Waals surface area contributed by atoms with Gasteiger partial charge in [0.1, 0.15) is 5.54 Å². The molecule has 0 fully saturated rings. The van der Waals surface area contributed by atoms with Gasteiger partial charge >= 0.3 is 0 Å². The topological polar surface area (TPSA) is 55.4 Å². The van der Waals surface area contributed by atoms with Crippen LogP contribution in [0.25, 0.3) is 0 Å². The summed E-state index contributed by atoms with van der Waals surface area (Å²) < 4.78 is 0. The minimum absolute atomic E-state index is 0.374. The largest absolute Gasteiger partial charge is 0.756 e. The Morgan fingerprint density at radius 1 is 1.83 bits per heavy atom. The molecular weight excluding hydrogens is 156 g/mol. The summed E-state index contributed by atoms with van der Waals surface area (Å²) in [6, 6.07) is 0. The highest BCUT2D eigenvalue weighted by molar-refractivity contribution is 5.87. The van der Waals surface area contributed by atoms with Crippen molar-refractivity contribution in [1.29, 1.82) is 0 Å². The van der Waals surface area contributed by atoms with Crippen molar-refractivity contribution in [3.05, 3.63) is 17.0 Å². The summed E-state index contributed by atoms with van der Waals surface area (Å²) >= 11 is 0. The van der Waals surface area contributed by atoms with E-state index in [9.17, 15) is 10.0 Å². The molecule has 1 atom stereocenters. The Kier molecular flexibility index (Phi) is 2.10. The number of hydrogen-bond donors (Lipinski definition) is 1. The Hall–Kier alpha value is -1.03. The minimum Gasteiger partial charge on any atom is -0.756 e. The molecule has 0 saturated heterocycles. The number of hydrogen-bond acceptors (Lipinski definition) is 3. The molecular formula is C8H13N2O2-. The number of hydroxylamine groups is 2. The van der Waals surface area contributed by atoms with Crippen LogP contribution < -0.4 is 5.32 Å². The Bertz CT molecular complexity index is 235. The average Bonchev–Trinajstić information content (AvgIpc) is 2.31. The van der Waals surface area contributed by atoms with Crippen LogP contribution >= 0.6 is 0 Å². The van der Waals surface area contributed by atoms with Crippen LogP contribution in [-0.4, -0.2) is 23.6 Å². The third-order valence-electron chi connectivity index (χ3n) is 2.03. The molecule has 0 aromatic heterocycles. The third-order valence-corrected chi connectivity index (χ3v) is 2.03. The predicted molar refractivity (Wildman–Crippen MR) is 46.1 cm³/mol. The van der Waals surface area contributed by atoms with E-state index in [4.69, 9.17) is 0 Å². The molecule has 0 bridgehead atoms. The molecule has 1 amide bonds. The second-order valence-electron chi connectivity index (χ2n) is 3.45. The highest BCUT2D eigenvalue weighted by Gasteiger charge is 2.35. The van der Waals surface area contributed by atoms with Crippen molar-refractivity contribution < 1.29 is 4.79 Å². The third kappa shape index (κ3) is 1.43. The van der Waals surface area contributed by atoms with Gasteiger partial charge in [0.05, 0.1) is 0 Å². The lowest BCUT2D eigenvalue weighted by atomic mass is 9.96. The van der Waals surface area contributed by atoms with E-state index >= 15 is 0 Å². The van der Waals surface area contributed by atoms with Crippen molar-refractivity contribution in [2.45, 2.75) is 25.8 Å². The van der Waals surface area contributed by atoms with E-state index in [1.165, 1.54) is 7.05 Å². The van der Waals surface area contributed by atoms with Gasteiger partial charge in [-0.1, -0.05) is 5.57 Å². The average molecular weight is 169 g/mol. The van der Waals surface area contributed by atoms with Gasteiger partial charge in [0, 0.05) is 6.42 Å². The van der Waals surface area contributed by atoms with Crippen molar-refractivity contribution in [3.8, 4) is 0 Å². The molecule has 4 nitrogen and oxygen atoms in total. The molecule has 68 valence electrons. The first-order valence-electron chi connectivity index (χ1n) is 3.84. The normalized spacial score (nSPS) is 27.8. The number of carbonyl (C=O) groups excluding carboxylic acids is 1. The SMILES string of the molecule is CC1=CNC(C)(C(=O)N(C)[O-])C1. The lowest BCUT2D eigenvalue weighted by Gasteiger charge is -2.33. The maximum Gasteiger partial charge on any atom is 0.237 e. The predicted octanol–water partition coefficient (Wildman–Crippen LogP) is 0.598. The first-order chi connectivity index (χ1) is 5.46. The van der Waals surface area contributed by atoms with Crippen molar-refractivity contribution in [2.75, 3.05) is 7.05 Å². The Morgan fingerprint density at radius 3 is 2.75 bits per heavy atom. The fourth-order valence-corrected chi connectivity index (χ4v) is 1.43. The molecule has 12 heavy (non-hydrogen) atoms. The summed E-state index contributed by atoms with van der Waals surface area (Å²) in [5, 5.41) is 14.0. The van der Waals surface area contributed by atoms with Crippen molar-refractivity contribution in [2.24, 2.45) is 0 Å². The van der Waals surface area contributed by atoms with Crippen LogP contribution in [0.2, 0.25) is 0 Å². The molecule has 1 N–H and O–H groups in total. The van der Waals surface area contributed by atoms with E-state index in [2.05, 4.69) is 5.32 Å². The van der Waals surface area contributed by atoms with E-state index in [-0.39, 0.29) is 0 Å². The smallest absolute Gasteiger partial charge is 0.237 e. The summed E-state index contributed by atoms with van der Waals surface area (Å²) in [6.07, 6.45) is 2.39. The van der Waals surface area contributed by atoms with Gasteiger partial charge in [0.15, 0.2) is 0 Å². The zero-order valence-corrected chi connectivity index (χ0v) is 7.55. The van der Waals surface area contributed by atoms with Gasteiger partial charge in [-0.25, -0.2) is 0 Å². The van der Waals surface area contributed by atoms with Gasteiger partial charge in [0.2, 0.25) is 5.91 Å². The first kappa shape index (κ1) is 9.06. The molecule has 4 heteroatoms. The maximum absolute atomic E-state index is 11.3. The number of amides is 1.